The van der Waals surface area contributed by atoms with Crippen molar-refractivity contribution in [3.63, 3.8) is 0 Å². The van der Waals surface area contributed by atoms with Crippen molar-refractivity contribution in [3.8, 4) is 5.82 Å². The van der Waals surface area contributed by atoms with E-state index in [0.717, 1.165) is 48.9 Å². The number of rotatable bonds is 5. The van der Waals surface area contributed by atoms with Crippen LogP contribution in [0.4, 0.5) is 10.1 Å². The molecule has 1 aliphatic heterocycles. The van der Waals surface area contributed by atoms with Gasteiger partial charge in [-0.1, -0.05) is 6.07 Å². The highest BCUT2D eigenvalue weighted by Gasteiger charge is 2.18. The predicted octanol–water partition coefficient (Wildman–Crippen LogP) is 2.71. The average Bonchev–Trinajstić information content (AvgIpc) is 3.11. The van der Waals surface area contributed by atoms with Crippen molar-refractivity contribution in [2.75, 3.05) is 38.1 Å². The monoisotopic (exact) mass is 422 g/mol. The van der Waals surface area contributed by atoms with Gasteiger partial charge in [0, 0.05) is 50.2 Å². The van der Waals surface area contributed by atoms with Crippen LogP contribution in [0.3, 0.4) is 0 Å². The number of nitrogens with one attached hydrogen (secondary N) is 1. The molecule has 0 radical (unpaired) electrons. The summed E-state index contributed by atoms with van der Waals surface area (Å²) in [6.45, 7) is 7.57. The number of carbonyl (C=O) groups excluding carboxylic acids is 1. The SMILES string of the molecule is Cc1cc(C)n(-c2ccc(CNC(=O)c3ccc(N4CCN(C)CC4)c(F)c3)cn2)n1. The highest BCUT2D eigenvalue weighted by atomic mass is 19.1. The zero-order valence-corrected chi connectivity index (χ0v) is 18.1. The van der Waals surface area contributed by atoms with Crippen LogP contribution in [0.15, 0.2) is 42.6 Å². The smallest absolute Gasteiger partial charge is 0.251 e. The molecule has 7 nitrogen and oxygen atoms in total. The van der Waals surface area contributed by atoms with Gasteiger partial charge in [0.1, 0.15) is 5.82 Å². The van der Waals surface area contributed by atoms with E-state index in [1.807, 2.05) is 36.9 Å². The second-order valence-corrected chi connectivity index (χ2v) is 8.00. The normalized spacial score (nSPS) is 14.6. The summed E-state index contributed by atoms with van der Waals surface area (Å²) in [6, 6.07) is 10.4. The predicted molar refractivity (Wildman–Crippen MR) is 118 cm³/mol. The van der Waals surface area contributed by atoms with Crippen LogP contribution < -0.4 is 10.2 Å². The van der Waals surface area contributed by atoms with Gasteiger partial charge < -0.3 is 15.1 Å². The maximum atomic E-state index is 14.6. The van der Waals surface area contributed by atoms with E-state index in [-0.39, 0.29) is 11.7 Å². The molecule has 1 aliphatic rings. The van der Waals surface area contributed by atoms with Crippen LogP contribution in [-0.2, 0) is 6.54 Å². The fraction of sp³-hybridized carbons (Fsp3) is 0.348. The highest BCUT2D eigenvalue weighted by Crippen LogP contribution is 2.22. The van der Waals surface area contributed by atoms with Crippen molar-refractivity contribution in [2.24, 2.45) is 0 Å². The molecule has 2 aromatic heterocycles. The van der Waals surface area contributed by atoms with Gasteiger partial charge in [-0.2, -0.15) is 5.10 Å². The molecule has 1 aromatic carbocycles. The quantitative estimate of drug-likeness (QED) is 0.685. The number of pyridine rings is 1. The lowest BCUT2D eigenvalue weighted by molar-refractivity contribution is 0.0950. The van der Waals surface area contributed by atoms with Crippen LogP contribution in [0.1, 0.15) is 27.3 Å². The highest BCUT2D eigenvalue weighted by molar-refractivity contribution is 5.94. The second kappa shape index (κ2) is 8.85. The third-order valence-electron chi connectivity index (χ3n) is 5.54. The van der Waals surface area contributed by atoms with Gasteiger partial charge in [0.05, 0.1) is 11.4 Å². The van der Waals surface area contributed by atoms with E-state index in [0.29, 0.717) is 17.8 Å². The Balaban J connectivity index is 1.37. The maximum absolute atomic E-state index is 14.6. The lowest BCUT2D eigenvalue weighted by Crippen LogP contribution is -2.44. The summed E-state index contributed by atoms with van der Waals surface area (Å²) in [6.07, 6.45) is 1.71. The number of amides is 1. The molecule has 1 saturated heterocycles. The molecule has 8 heteroatoms. The Labute approximate surface area is 181 Å². The fourth-order valence-corrected chi connectivity index (χ4v) is 3.74. The number of nitrogens with zero attached hydrogens (tertiary/aromatic N) is 5. The fourth-order valence-electron chi connectivity index (χ4n) is 3.74. The number of likely N-dealkylation sites (N-methyl/N-ethyl adjacent to an activating group) is 1. The molecule has 4 rings (SSSR count). The molecule has 3 heterocycles. The molecule has 0 saturated carbocycles. The summed E-state index contributed by atoms with van der Waals surface area (Å²) in [7, 11) is 2.06. The first-order valence-corrected chi connectivity index (χ1v) is 10.4. The van der Waals surface area contributed by atoms with Crippen molar-refractivity contribution < 1.29 is 9.18 Å². The van der Waals surface area contributed by atoms with Crippen LogP contribution in [0.25, 0.3) is 5.82 Å². The van der Waals surface area contributed by atoms with E-state index < -0.39 is 0 Å². The minimum atomic E-state index is -0.367. The number of aromatic nitrogens is 3. The summed E-state index contributed by atoms with van der Waals surface area (Å²) in [4.78, 5) is 21.2. The molecule has 0 unspecified atom stereocenters. The Morgan fingerprint density at radius 3 is 2.48 bits per heavy atom. The molecule has 162 valence electrons. The topological polar surface area (TPSA) is 66.3 Å². The summed E-state index contributed by atoms with van der Waals surface area (Å²) >= 11 is 0. The van der Waals surface area contributed by atoms with E-state index in [1.54, 1.807) is 23.0 Å². The molecular weight excluding hydrogens is 395 g/mol. The van der Waals surface area contributed by atoms with Gasteiger partial charge >= 0.3 is 0 Å². The number of benzene rings is 1. The molecule has 0 aliphatic carbocycles. The lowest BCUT2D eigenvalue weighted by atomic mass is 10.1. The summed E-state index contributed by atoms with van der Waals surface area (Å²) in [5.74, 6) is 0.0433. The molecular formula is C23H27FN6O. The van der Waals surface area contributed by atoms with E-state index in [2.05, 4.69) is 27.3 Å². The molecule has 1 amide bonds. The Kier molecular flexibility index (Phi) is 5.99. The van der Waals surface area contributed by atoms with Gasteiger partial charge in [-0.15, -0.1) is 0 Å². The van der Waals surface area contributed by atoms with Crippen LogP contribution in [0.5, 0.6) is 0 Å². The van der Waals surface area contributed by atoms with Gasteiger partial charge in [-0.05, 0) is 56.8 Å². The number of anilines is 1. The average molecular weight is 423 g/mol. The van der Waals surface area contributed by atoms with Crippen LogP contribution >= 0.6 is 0 Å². The Bertz CT molecular complexity index is 1070. The van der Waals surface area contributed by atoms with E-state index in [9.17, 15) is 9.18 Å². The molecule has 1 N–H and O–H groups in total. The van der Waals surface area contributed by atoms with E-state index >= 15 is 0 Å². The van der Waals surface area contributed by atoms with Crippen molar-refractivity contribution >= 4 is 11.6 Å². The number of aryl methyl sites for hydroxylation is 2. The Hall–Kier alpha value is -3.26. The number of piperazine rings is 1. The first-order valence-electron chi connectivity index (χ1n) is 10.4. The number of halogens is 1. The van der Waals surface area contributed by atoms with E-state index in [1.165, 1.54) is 6.07 Å². The van der Waals surface area contributed by atoms with Gasteiger partial charge in [0.25, 0.3) is 5.91 Å². The zero-order chi connectivity index (χ0) is 22.0. The molecule has 0 bridgehead atoms. The van der Waals surface area contributed by atoms with Crippen molar-refractivity contribution in [1.29, 1.82) is 0 Å². The minimum Gasteiger partial charge on any atom is -0.367 e. The van der Waals surface area contributed by atoms with Crippen molar-refractivity contribution in [1.82, 2.24) is 25.0 Å². The Morgan fingerprint density at radius 1 is 1.10 bits per heavy atom. The second-order valence-electron chi connectivity index (χ2n) is 8.00. The van der Waals surface area contributed by atoms with Crippen LogP contribution in [-0.4, -0.2) is 58.8 Å². The standard InChI is InChI=1S/C23H27FN6O/c1-16-12-17(2)30(27-16)22-7-4-18(14-25-22)15-26-23(31)19-5-6-21(20(24)13-19)29-10-8-28(3)9-11-29/h4-7,12-14H,8-11,15H2,1-3H3,(H,26,31). The molecule has 0 atom stereocenters. The maximum Gasteiger partial charge on any atom is 0.251 e. The molecule has 3 aromatic rings. The van der Waals surface area contributed by atoms with Gasteiger partial charge in [0.15, 0.2) is 5.82 Å². The Morgan fingerprint density at radius 2 is 1.87 bits per heavy atom. The molecule has 31 heavy (non-hydrogen) atoms. The zero-order valence-electron chi connectivity index (χ0n) is 18.1. The first-order chi connectivity index (χ1) is 14.9. The first kappa shape index (κ1) is 21.0. The largest absolute Gasteiger partial charge is 0.367 e. The molecule has 0 spiro atoms. The summed E-state index contributed by atoms with van der Waals surface area (Å²) in [5.41, 5.74) is 3.65. The van der Waals surface area contributed by atoms with Crippen LogP contribution in [0, 0.1) is 19.7 Å². The van der Waals surface area contributed by atoms with Crippen molar-refractivity contribution in [2.45, 2.75) is 20.4 Å². The number of hydrogen-bond donors (Lipinski definition) is 1. The van der Waals surface area contributed by atoms with Gasteiger partial charge in [0.2, 0.25) is 0 Å². The minimum absolute atomic E-state index is 0.308. The third-order valence-corrected chi connectivity index (χ3v) is 5.54. The van der Waals surface area contributed by atoms with Crippen molar-refractivity contribution in [3.05, 3.63) is 70.9 Å². The summed E-state index contributed by atoms with van der Waals surface area (Å²) < 4.78 is 16.4. The molecule has 1 fully saturated rings. The van der Waals surface area contributed by atoms with Gasteiger partial charge in [-0.25, -0.2) is 14.1 Å². The summed E-state index contributed by atoms with van der Waals surface area (Å²) in [5, 5.41) is 7.25. The third kappa shape index (κ3) is 4.74. The van der Waals surface area contributed by atoms with Crippen LogP contribution in [0.2, 0.25) is 0 Å². The lowest BCUT2D eigenvalue weighted by Gasteiger charge is -2.34. The number of hydrogen-bond acceptors (Lipinski definition) is 5. The number of carbonyl (C=O) groups is 1. The van der Waals surface area contributed by atoms with E-state index in [4.69, 9.17) is 0 Å². The van der Waals surface area contributed by atoms with Gasteiger partial charge in [-0.3, -0.25) is 4.79 Å².